The van der Waals surface area contributed by atoms with Crippen molar-refractivity contribution in [1.29, 1.82) is 0 Å². The van der Waals surface area contributed by atoms with Crippen LogP contribution >= 0.6 is 0 Å². The zero-order chi connectivity index (χ0) is 19.3. The van der Waals surface area contributed by atoms with E-state index in [4.69, 9.17) is 5.11 Å². The minimum atomic E-state index is -1.61. The number of rotatable bonds is 6. The Labute approximate surface area is 148 Å². The molecule has 2 N–H and O–H groups in total. The number of aliphatic hydroxyl groups excluding tert-OH is 1. The van der Waals surface area contributed by atoms with Crippen LogP contribution in [0.15, 0.2) is 60.4 Å². The number of hydrogen-bond donors (Lipinski definition) is 2. The highest BCUT2D eigenvalue weighted by Crippen LogP contribution is 2.26. The van der Waals surface area contributed by atoms with Gasteiger partial charge in [-0.05, 0) is 35.4 Å². The third-order valence-corrected chi connectivity index (χ3v) is 3.86. The van der Waals surface area contributed by atoms with Gasteiger partial charge < -0.3 is 15.1 Å². The number of benzene rings is 2. The molecule has 2 aromatic carbocycles. The van der Waals surface area contributed by atoms with Crippen LogP contribution in [0.5, 0.6) is 0 Å². The van der Waals surface area contributed by atoms with Crippen LogP contribution in [-0.4, -0.2) is 40.6 Å². The Bertz CT molecular complexity index is 771. The molecule has 7 heteroatoms. The number of likely N-dealkylation sites (N-methyl/N-ethyl adjacent to an activating group) is 1. The van der Waals surface area contributed by atoms with Gasteiger partial charge in [0.25, 0.3) is 0 Å². The SMILES string of the molecule is CN(CC(c1ccc(F)cc1)c1ccc(F)cc1)C(=O)C=C(O)C(=O)O. The van der Waals surface area contributed by atoms with E-state index in [-0.39, 0.29) is 6.54 Å². The zero-order valence-corrected chi connectivity index (χ0v) is 13.9. The maximum atomic E-state index is 13.2. The lowest BCUT2D eigenvalue weighted by Crippen LogP contribution is -2.30. The van der Waals surface area contributed by atoms with Crippen LogP contribution in [0, 0.1) is 11.6 Å². The highest BCUT2D eigenvalue weighted by Gasteiger charge is 2.20. The van der Waals surface area contributed by atoms with Crippen molar-refractivity contribution in [1.82, 2.24) is 4.90 Å². The zero-order valence-electron chi connectivity index (χ0n) is 13.9. The van der Waals surface area contributed by atoms with E-state index < -0.39 is 35.2 Å². The number of aliphatic carboxylic acids is 1. The van der Waals surface area contributed by atoms with E-state index in [0.29, 0.717) is 17.2 Å². The Morgan fingerprint density at radius 3 is 1.77 bits per heavy atom. The van der Waals surface area contributed by atoms with Crippen LogP contribution in [0.1, 0.15) is 17.0 Å². The van der Waals surface area contributed by atoms with E-state index >= 15 is 0 Å². The second-order valence-electron chi connectivity index (χ2n) is 5.71. The molecule has 0 bridgehead atoms. The molecule has 1 amide bonds. The Morgan fingerprint density at radius 2 is 1.38 bits per heavy atom. The first-order chi connectivity index (χ1) is 12.3. The average Bonchev–Trinajstić information content (AvgIpc) is 2.61. The van der Waals surface area contributed by atoms with Crippen LogP contribution < -0.4 is 0 Å². The molecule has 0 unspecified atom stereocenters. The molecule has 0 radical (unpaired) electrons. The lowest BCUT2D eigenvalue weighted by atomic mass is 9.90. The summed E-state index contributed by atoms with van der Waals surface area (Å²) < 4.78 is 26.4. The normalized spacial score (nSPS) is 11.5. The molecule has 0 aromatic heterocycles. The number of carbonyl (C=O) groups excluding carboxylic acids is 1. The summed E-state index contributed by atoms with van der Waals surface area (Å²) in [6.07, 6.45) is 0.606. The number of carboxylic acid groups (broad SMARTS) is 1. The molecule has 0 aliphatic carbocycles. The number of carbonyl (C=O) groups is 2. The van der Waals surface area contributed by atoms with Crippen molar-refractivity contribution in [2.24, 2.45) is 0 Å². The van der Waals surface area contributed by atoms with E-state index in [1.165, 1.54) is 36.2 Å². The van der Waals surface area contributed by atoms with Gasteiger partial charge in [-0.15, -0.1) is 0 Å². The van der Waals surface area contributed by atoms with Crippen molar-refractivity contribution in [3.8, 4) is 0 Å². The van der Waals surface area contributed by atoms with E-state index in [1.807, 2.05) is 0 Å². The van der Waals surface area contributed by atoms with Crippen LogP contribution in [0.25, 0.3) is 0 Å². The third-order valence-electron chi connectivity index (χ3n) is 3.86. The molecule has 0 saturated heterocycles. The predicted molar refractivity (Wildman–Crippen MR) is 90.6 cm³/mol. The van der Waals surface area contributed by atoms with E-state index in [2.05, 4.69) is 0 Å². The molecule has 5 nitrogen and oxygen atoms in total. The van der Waals surface area contributed by atoms with Crippen molar-refractivity contribution >= 4 is 11.9 Å². The highest BCUT2D eigenvalue weighted by atomic mass is 19.1. The second-order valence-corrected chi connectivity index (χ2v) is 5.71. The molecular weight excluding hydrogens is 344 g/mol. The minimum absolute atomic E-state index is 0.111. The van der Waals surface area contributed by atoms with Crippen LogP contribution in [0.3, 0.4) is 0 Å². The lowest BCUT2D eigenvalue weighted by Gasteiger charge is -2.24. The van der Waals surface area contributed by atoms with Crippen molar-refractivity contribution < 1.29 is 28.6 Å². The van der Waals surface area contributed by atoms with Crippen LogP contribution in [0.4, 0.5) is 8.78 Å². The summed E-state index contributed by atoms with van der Waals surface area (Å²) in [6.45, 7) is 0.111. The predicted octanol–water partition coefficient (Wildman–Crippen LogP) is 3.08. The molecular formula is C19H17F2NO4. The number of amides is 1. The summed E-state index contributed by atoms with van der Waals surface area (Å²) in [7, 11) is 1.44. The summed E-state index contributed by atoms with van der Waals surface area (Å²) in [5.74, 6) is -4.61. The van der Waals surface area contributed by atoms with Gasteiger partial charge in [-0.25, -0.2) is 13.6 Å². The largest absolute Gasteiger partial charge is 0.502 e. The van der Waals surface area contributed by atoms with E-state index in [1.54, 1.807) is 24.3 Å². The first-order valence-electron chi connectivity index (χ1n) is 7.68. The molecule has 0 atom stereocenters. The monoisotopic (exact) mass is 361 g/mol. The number of nitrogens with zero attached hydrogens (tertiary/aromatic N) is 1. The Kier molecular flexibility index (Phi) is 6.06. The van der Waals surface area contributed by atoms with Gasteiger partial charge in [0, 0.05) is 19.5 Å². The van der Waals surface area contributed by atoms with Gasteiger partial charge in [0.2, 0.25) is 11.7 Å². The van der Waals surface area contributed by atoms with Gasteiger partial charge in [0.05, 0.1) is 6.08 Å². The number of hydrogen-bond acceptors (Lipinski definition) is 3. The van der Waals surface area contributed by atoms with Crippen molar-refractivity contribution in [2.45, 2.75) is 5.92 Å². The quantitative estimate of drug-likeness (QED) is 0.612. The van der Waals surface area contributed by atoms with Crippen molar-refractivity contribution in [2.75, 3.05) is 13.6 Å². The Hall–Kier alpha value is -3.22. The second kappa shape index (κ2) is 8.24. The molecule has 0 saturated carbocycles. The van der Waals surface area contributed by atoms with Gasteiger partial charge in [-0.3, -0.25) is 4.79 Å². The fraction of sp³-hybridized carbons (Fsp3) is 0.158. The molecule has 2 rings (SSSR count). The number of halogens is 2. The highest BCUT2D eigenvalue weighted by molar-refractivity contribution is 5.95. The summed E-state index contributed by atoms with van der Waals surface area (Å²) in [4.78, 5) is 23.9. The average molecular weight is 361 g/mol. The molecule has 0 aliphatic rings. The summed E-state index contributed by atoms with van der Waals surface area (Å²) in [5, 5.41) is 17.8. The van der Waals surface area contributed by atoms with Gasteiger partial charge in [0.1, 0.15) is 11.6 Å². The maximum absolute atomic E-state index is 13.2. The van der Waals surface area contributed by atoms with Gasteiger partial charge >= 0.3 is 5.97 Å². The number of aliphatic hydroxyl groups is 1. The summed E-state index contributed by atoms with van der Waals surface area (Å²) in [6, 6.07) is 11.4. The molecule has 26 heavy (non-hydrogen) atoms. The molecule has 2 aromatic rings. The molecule has 0 spiro atoms. The fourth-order valence-electron chi connectivity index (χ4n) is 2.45. The lowest BCUT2D eigenvalue weighted by molar-refractivity contribution is -0.136. The fourth-order valence-corrected chi connectivity index (χ4v) is 2.45. The summed E-state index contributed by atoms with van der Waals surface area (Å²) in [5.41, 5.74) is 1.40. The van der Waals surface area contributed by atoms with E-state index in [9.17, 15) is 23.5 Å². The van der Waals surface area contributed by atoms with Crippen LogP contribution in [0.2, 0.25) is 0 Å². The first kappa shape index (κ1) is 19.1. The van der Waals surface area contributed by atoms with Gasteiger partial charge in [-0.1, -0.05) is 24.3 Å². The van der Waals surface area contributed by atoms with Crippen molar-refractivity contribution in [3.05, 3.63) is 83.1 Å². The van der Waals surface area contributed by atoms with Gasteiger partial charge in [0.15, 0.2) is 0 Å². The van der Waals surface area contributed by atoms with Crippen LogP contribution in [-0.2, 0) is 9.59 Å². The topological polar surface area (TPSA) is 77.8 Å². The minimum Gasteiger partial charge on any atom is -0.502 e. The summed E-state index contributed by atoms with van der Waals surface area (Å²) >= 11 is 0. The molecule has 0 heterocycles. The smallest absolute Gasteiger partial charge is 0.371 e. The third kappa shape index (κ3) is 4.89. The van der Waals surface area contributed by atoms with Gasteiger partial charge in [-0.2, -0.15) is 0 Å². The molecule has 0 aliphatic heterocycles. The molecule has 0 fully saturated rings. The Morgan fingerprint density at radius 1 is 0.962 bits per heavy atom. The number of carboxylic acids is 1. The van der Waals surface area contributed by atoms with E-state index in [0.717, 1.165) is 0 Å². The Balaban J connectivity index is 2.30. The first-order valence-corrected chi connectivity index (χ1v) is 7.68. The molecule has 136 valence electrons. The maximum Gasteiger partial charge on any atom is 0.371 e. The standard InChI is InChI=1S/C19H17F2NO4/c1-22(18(24)10-17(23)19(25)26)11-16(12-2-6-14(20)7-3-12)13-4-8-15(21)9-5-13/h2-10,16,23H,11H2,1H3,(H,25,26). The van der Waals surface area contributed by atoms with Crippen molar-refractivity contribution in [3.63, 3.8) is 0 Å².